The van der Waals surface area contributed by atoms with E-state index in [0.29, 0.717) is 12.2 Å². The van der Waals surface area contributed by atoms with Crippen molar-refractivity contribution < 1.29 is 9.53 Å². The maximum absolute atomic E-state index is 12.5. The standard InChI is InChI=1S/C20H18O2/c1-3-11-22-20(21)19-14(4-2)9-10-17-12-15-7-5-6-8-16(15)13-18(17)19/h4-10,12-13H,2-3,11H2,1H3. The van der Waals surface area contributed by atoms with Crippen LogP contribution in [0.2, 0.25) is 0 Å². The van der Waals surface area contributed by atoms with Crippen molar-refractivity contribution in [2.75, 3.05) is 6.61 Å². The lowest BCUT2D eigenvalue weighted by atomic mass is 9.96. The van der Waals surface area contributed by atoms with Gasteiger partial charge in [-0.2, -0.15) is 0 Å². The van der Waals surface area contributed by atoms with E-state index in [-0.39, 0.29) is 5.97 Å². The predicted octanol–water partition coefficient (Wildman–Crippen LogP) is 5.20. The van der Waals surface area contributed by atoms with E-state index in [1.54, 1.807) is 6.08 Å². The Balaban J connectivity index is 2.28. The SMILES string of the molecule is C=Cc1ccc2cc3ccccc3cc2c1C(=O)OCCC. The number of hydrogen-bond acceptors (Lipinski definition) is 2. The topological polar surface area (TPSA) is 26.3 Å². The van der Waals surface area contributed by atoms with Gasteiger partial charge in [0.15, 0.2) is 0 Å². The molecule has 0 amide bonds. The molecular formula is C20H18O2. The van der Waals surface area contributed by atoms with Crippen LogP contribution in [0.25, 0.3) is 27.6 Å². The van der Waals surface area contributed by atoms with Gasteiger partial charge in [-0.15, -0.1) is 0 Å². The fourth-order valence-electron chi connectivity index (χ4n) is 2.70. The second kappa shape index (κ2) is 6.02. The van der Waals surface area contributed by atoms with E-state index < -0.39 is 0 Å². The first kappa shape index (κ1) is 14.3. The van der Waals surface area contributed by atoms with Gasteiger partial charge in [0, 0.05) is 0 Å². The van der Waals surface area contributed by atoms with Gasteiger partial charge in [-0.1, -0.05) is 56.0 Å². The fourth-order valence-corrected chi connectivity index (χ4v) is 2.70. The van der Waals surface area contributed by atoms with Crippen LogP contribution in [0.3, 0.4) is 0 Å². The largest absolute Gasteiger partial charge is 0.462 e. The molecule has 110 valence electrons. The van der Waals surface area contributed by atoms with Crippen molar-refractivity contribution in [3.63, 3.8) is 0 Å². The fraction of sp³-hybridized carbons (Fsp3) is 0.150. The lowest BCUT2D eigenvalue weighted by molar-refractivity contribution is 0.0507. The maximum atomic E-state index is 12.5. The highest BCUT2D eigenvalue weighted by Gasteiger charge is 2.15. The molecule has 3 aromatic carbocycles. The summed E-state index contributed by atoms with van der Waals surface area (Å²) in [6, 6.07) is 16.3. The molecule has 0 aliphatic heterocycles. The molecule has 0 saturated heterocycles. The zero-order valence-corrected chi connectivity index (χ0v) is 12.6. The summed E-state index contributed by atoms with van der Waals surface area (Å²) in [4.78, 5) is 12.5. The van der Waals surface area contributed by atoms with Gasteiger partial charge in [0.25, 0.3) is 0 Å². The van der Waals surface area contributed by atoms with Gasteiger partial charge in [-0.25, -0.2) is 4.79 Å². The zero-order chi connectivity index (χ0) is 15.5. The van der Waals surface area contributed by atoms with Crippen LogP contribution in [0.4, 0.5) is 0 Å². The molecule has 0 fully saturated rings. The predicted molar refractivity (Wildman–Crippen MR) is 92.1 cm³/mol. The summed E-state index contributed by atoms with van der Waals surface area (Å²) in [5.74, 6) is -0.280. The van der Waals surface area contributed by atoms with Gasteiger partial charge in [0.05, 0.1) is 12.2 Å². The molecule has 3 aromatic rings. The van der Waals surface area contributed by atoms with Gasteiger partial charge >= 0.3 is 5.97 Å². The highest BCUT2D eigenvalue weighted by Crippen LogP contribution is 2.29. The van der Waals surface area contributed by atoms with Crippen LogP contribution in [0.1, 0.15) is 29.3 Å². The number of carbonyl (C=O) groups excluding carboxylic acids is 1. The van der Waals surface area contributed by atoms with E-state index >= 15 is 0 Å². The number of hydrogen-bond donors (Lipinski definition) is 0. The van der Waals surface area contributed by atoms with Crippen molar-refractivity contribution in [2.24, 2.45) is 0 Å². The summed E-state index contributed by atoms with van der Waals surface area (Å²) in [6.07, 6.45) is 2.51. The molecule has 0 aliphatic rings. The Bertz CT molecular complexity index is 862. The number of carbonyl (C=O) groups is 1. The number of rotatable bonds is 4. The Hall–Kier alpha value is -2.61. The zero-order valence-electron chi connectivity index (χ0n) is 12.6. The van der Waals surface area contributed by atoms with Gasteiger partial charge in [0.1, 0.15) is 0 Å². The summed E-state index contributed by atoms with van der Waals surface area (Å²) in [7, 11) is 0. The lowest BCUT2D eigenvalue weighted by Gasteiger charge is -2.11. The van der Waals surface area contributed by atoms with Crippen molar-refractivity contribution in [3.05, 3.63) is 66.2 Å². The van der Waals surface area contributed by atoms with Crippen molar-refractivity contribution in [3.8, 4) is 0 Å². The van der Waals surface area contributed by atoms with Crippen LogP contribution < -0.4 is 0 Å². The van der Waals surface area contributed by atoms with Gasteiger partial charge in [0.2, 0.25) is 0 Å². The molecule has 2 heteroatoms. The minimum absolute atomic E-state index is 0.280. The first-order valence-corrected chi connectivity index (χ1v) is 7.49. The van der Waals surface area contributed by atoms with Crippen molar-refractivity contribution in [1.82, 2.24) is 0 Å². The molecular weight excluding hydrogens is 272 g/mol. The van der Waals surface area contributed by atoms with Gasteiger partial charge < -0.3 is 4.74 Å². The second-order valence-corrected chi connectivity index (χ2v) is 5.29. The Morgan fingerprint density at radius 2 is 1.82 bits per heavy atom. The maximum Gasteiger partial charge on any atom is 0.339 e. The van der Waals surface area contributed by atoms with E-state index in [0.717, 1.165) is 33.5 Å². The third kappa shape index (κ3) is 2.48. The first-order valence-electron chi connectivity index (χ1n) is 7.49. The Morgan fingerprint density at radius 3 is 2.50 bits per heavy atom. The Kier molecular flexibility index (Phi) is 3.92. The summed E-state index contributed by atoms with van der Waals surface area (Å²) >= 11 is 0. The smallest absolute Gasteiger partial charge is 0.339 e. The van der Waals surface area contributed by atoms with Crippen LogP contribution in [-0.2, 0) is 4.74 Å². The summed E-state index contributed by atoms with van der Waals surface area (Å²) in [6.45, 7) is 6.23. The van der Waals surface area contributed by atoms with Crippen LogP contribution in [-0.4, -0.2) is 12.6 Å². The molecule has 22 heavy (non-hydrogen) atoms. The second-order valence-electron chi connectivity index (χ2n) is 5.29. The summed E-state index contributed by atoms with van der Waals surface area (Å²) in [5.41, 5.74) is 1.41. The minimum atomic E-state index is -0.280. The molecule has 0 heterocycles. The Morgan fingerprint density at radius 1 is 1.09 bits per heavy atom. The molecule has 0 bridgehead atoms. The van der Waals surface area contributed by atoms with Crippen LogP contribution in [0.15, 0.2) is 55.1 Å². The van der Waals surface area contributed by atoms with Crippen molar-refractivity contribution in [2.45, 2.75) is 13.3 Å². The molecule has 0 aliphatic carbocycles. The minimum Gasteiger partial charge on any atom is -0.462 e. The van der Waals surface area contributed by atoms with E-state index in [2.05, 4.69) is 30.8 Å². The molecule has 3 rings (SSSR count). The number of ether oxygens (including phenoxy) is 1. The van der Waals surface area contributed by atoms with E-state index in [1.807, 2.05) is 31.2 Å². The van der Waals surface area contributed by atoms with E-state index in [1.165, 1.54) is 0 Å². The third-order valence-electron chi connectivity index (χ3n) is 3.78. The normalized spacial score (nSPS) is 10.8. The van der Waals surface area contributed by atoms with Crippen LogP contribution in [0, 0.1) is 0 Å². The lowest BCUT2D eigenvalue weighted by Crippen LogP contribution is -2.08. The number of esters is 1. The molecule has 0 saturated carbocycles. The molecule has 0 atom stereocenters. The summed E-state index contributed by atoms with van der Waals surface area (Å²) < 4.78 is 5.35. The average molecular weight is 290 g/mol. The monoisotopic (exact) mass is 290 g/mol. The number of fused-ring (bicyclic) bond motifs is 2. The quantitative estimate of drug-likeness (QED) is 0.487. The molecule has 2 nitrogen and oxygen atoms in total. The molecule has 0 N–H and O–H groups in total. The van der Waals surface area contributed by atoms with Crippen molar-refractivity contribution in [1.29, 1.82) is 0 Å². The first-order chi connectivity index (χ1) is 10.7. The van der Waals surface area contributed by atoms with Gasteiger partial charge in [-0.3, -0.25) is 0 Å². The van der Waals surface area contributed by atoms with Crippen LogP contribution in [0.5, 0.6) is 0 Å². The summed E-state index contributed by atoms with van der Waals surface area (Å²) in [5, 5.41) is 4.22. The third-order valence-corrected chi connectivity index (χ3v) is 3.78. The number of benzene rings is 3. The molecule has 0 aromatic heterocycles. The molecule has 0 radical (unpaired) electrons. The highest BCUT2D eigenvalue weighted by atomic mass is 16.5. The Labute approximate surface area is 130 Å². The highest BCUT2D eigenvalue weighted by molar-refractivity contribution is 6.11. The molecule has 0 spiro atoms. The van der Waals surface area contributed by atoms with Gasteiger partial charge in [-0.05, 0) is 45.7 Å². The van der Waals surface area contributed by atoms with E-state index in [9.17, 15) is 4.79 Å². The average Bonchev–Trinajstić information content (AvgIpc) is 2.56. The molecule has 0 unspecified atom stereocenters. The van der Waals surface area contributed by atoms with E-state index in [4.69, 9.17) is 4.74 Å². The van der Waals surface area contributed by atoms with Crippen LogP contribution >= 0.6 is 0 Å². The van der Waals surface area contributed by atoms with Crippen molar-refractivity contribution >= 4 is 33.6 Å².